The van der Waals surface area contributed by atoms with Gasteiger partial charge in [0.05, 0.1) is 49.9 Å². The molecule has 3 heterocycles. The van der Waals surface area contributed by atoms with Crippen LogP contribution >= 0.6 is 22.9 Å². The van der Waals surface area contributed by atoms with E-state index in [-0.39, 0.29) is 12.3 Å². The lowest BCUT2D eigenvalue weighted by Crippen LogP contribution is -2.38. The molecule has 2 fully saturated rings. The van der Waals surface area contributed by atoms with Crippen molar-refractivity contribution in [1.29, 1.82) is 0 Å². The fourth-order valence-corrected chi connectivity index (χ4v) is 5.13. The number of rotatable bonds is 6. The quantitative estimate of drug-likeness (QED) is 0.546. The Morgan fingerprint density at radius 3 is 2.35 bits per heavy atom. The van der Waals surface area contributed by atoms with E-state index >= 15 is 0 Å². The lowest BCUT2D eigenvalue weighted by molar-refractivity contribution is -0.115. The van der Waals surface area contributed by atoms with Gasteiger partial charge in [-0.25, -0.2) is 4.98 Å². The highest BCUT2D eigenvalue weighted by Crippen LogP contribution is 2.32. The Morgan fingerprint density at radius 2 is 1.65 bits per heavy atom. The first-order chi connectivity index (χ1) is 16.7. The van der Waals surface area contributed by atoms with Gasteiger partial charge in [0.1, 0.15) is 5.01 Å². The summed E-state index contributed by atoms with van der Waals surface area (Å²) in [5.41, 5.74) is 4.74. The number of carbonyl (C=O) groups is 1. The van der Waals surface area contributed by atoms with Crippen LogP contribution in [0.3, 0.4) is 0 Å². The van der Waals surface area contributed by atoms with Gasteiger partial charge in [0.15, 0.2) is 0 Å². The van der Waals surface area contributed by atoms with Crippen molar-refractivity contribution in [3.8, 4) is 10.6 Å². The zero-order chi connectivity index (χ0) is 23.3. The fraction of sp³-hybridized carbons (Fsp3) is 0.360. The minimum atomic E-state index is -0.0819. The molecule has 0 aliphatic carbocycles. The van der Waals surface area contributed by atoms with Crippen LogP contribution in [-0.4, -0.2) is 63.5 Å². The number of anilines is 3. The molecule has 9 heteroatoms. The number of aromatic nitrogens is 1. The van der Waals surface area contributed by atoms with Gasteiger partial charge in [-0.15, -0.1) is 11.3 Å². The van der Waals surface area contributed by atoms with Crippen molar-refractivity contribution < 1.29 is 14.3 Å². The number of amides is 1. The molecule has 34 heavy (non-hydrogen) atoms. The van der Waals surface area contributed by atoms with E-state index in [1.165, 1.54) is 11.3 Å². The summed E-state index contributed by atoms with van der Waals surface area (Å²) in [7, 11) is 0. The molecular formula is C25H27ClN4O3S. The second-order valence-electron chi connectivity index (χ2n) is 8.28. The SMILES string of the molecule is O=C(Cc1csc(-c2ccc(Cl)cc2)n1)Nc1ccc(N2CCOCC2)cc1N1CCOCC1. The summed E-state index contributed by atoms with van der Waals surface area (Å²) in [4.78, 5) is 22.2. The highest BCUT2D eigenvalue weighted by molar-refractivity contribution is 7.13. The normalized spacial score (nSPS) is 16.5. The molecule has 1 aromatic heterocycles. The molecule has 0 unspecified atom stereocenters. The summed E-state index contributed by atoms with van der Waals surface area (Å²) in [5.74, 6) is -0.0819. The Bertz CT molecular complexity index is 1130. The number of morpholine rings is 2. The van der Waals surface area contributed by atoms with Crippen LogP contribution in [0.15, 0.2) is 47.8 Å². The predicted molar refractivity (Wildman–Crippen MR) is 137 cm³/mol. The van der Waals surface area contributed by atoms with Gasteiger partial charge in [0.25, 0.3) is 0 Å². The number of nitrogens with zero attached hydrogens (tertiary/aromatic N) is 3. The van der Waals surface area contributed by atoms with Gasteiger partial charge in [-0.1, -0.05) is 23.7 Å². The van der Waals surface area contributed by atoms with Crippen LogP contribution in [0.2, 0.25) is 5.02 Å². The van der Waals surface area contributed by atoms with Crippen molar-refractivity contribution in [2.45, 2.75) is 6.42 Å². The van der Waals surface area contributed by atoms with Gasteiger partial charge in [0, 0.05) is 47.8 Å². The Kier molecular flexibility index (Phi) is 7.30. The molecule has 2 aliphatic rings. The second kappa shape index (κ2) is 10.7. The summed E-state index contributed by atoms with van der Waals surface area (Å²) in [6.07, 6.45) is 0.220. The molecular weight excluding hydrogens is 472 g/mol. The molecule has 3 aromatic rings. The minimum absolute atomic E-state index is 0.0819. The standard InChI is InChI=1S/C25H27ClN4O3S/c26-19-3-1-18(2-4-19)25-27-20(17-34-25)15-24(31)28-22-6-5-21(29-7-11-32-12-8-29)16-23(22)30-9-13-33-14-10-30/h1-6,16-17H,7-15H2,(H,28,31). The van der Waals surface area contributed by atoms with Crippen molar-refractivity contribution in [2.24, 2.45) is 0 Å². The zero-order valence-corrected chi connectivity index (χ0v) is 20.4. The first-order valence-corrected chi connectivity index (χ1v) is 12.7. The van der Waals surface area contributed by atoms with Crippen LogP contribution in [0.1, 0.15) is 5.69 Å². The van der Waals surface area contributed by atoms with E-state index < -0.39 is 0 Å². The highest BCUT2D eigenvalue weighted by atomic mass is 35.5. The molecule has 0 bridgehead atoms. The number of halogens is 1. The molecule has 1 N–H and O–H groups in total. The first-order valence-electron chi connectivity index (χ1n) is 11.5. The molecule has 1 amide bonds. The molecule has 0 atom stereocenters. The monoisotopic (exact) mass is 498 g/mol. The zero-order valence-electron chi connectivity index (χ0n) is 18.8. The maximum absolute atomic E-state index is 13.0. The average molecular weight is 499 g/mol. The van der Waals surface area contributed by atoms with E-state index in [1.807, 2.05) is 35.7 Å². The number of hydrogen-bond acceptors (Lipinski definition) is 7. The second-order valence-corrected chi connectivity index (χ2v) is 9.57. The summed E-state index contributed by atoms with van der Waals surface area (Å²) in [6, 6.07) is 13.8. The average Bonchev–Trinajstić information content (AvgIpc) is 3.34. The van der Waals surface area contributed by atoms with Crippen molar-refractivity contribution >= 4 is 45.9 Å². The Morgan fingerprint density at radius 1 is 0.971 bits per heavy atom. The van der Waals surface area contributed by atoms with Crippen molar-refractivity contribution in [2.75, 3.05) is 67.7 Å². The van der Waals surface area contributed by atoms with E-state index in [4.69, 9.17) is 21.1 Å². The smallest absolute Gasteiger partial charge is 0.230 e. The Balaban J connectivity index is 1.31. The fourth-order valence-electron chi connectivity index (χ4n) is 4.18. The van der Waals surface area contributed by atoms with Crippen molar-refractivity contribution in [3.63, 3.8) is 0 Å². The molecule has 0 spiro atoms. The number of benzene rings is 2. The minimum Gasteiger partial charge on any atom is -0.378 e. The number of carbonyl (C=O) groups excluding carboxylic acids is 1. The van der Waals surface area contributed by atoms with Crippen LogP contribution in [0, 0.1) is 0 Å². The first kappa shape index (κ1) is 23.1. The summed E-state index contributed by atoms with van der Waals surface area (Å²) >= 11 is 7.51. The van der Waals surface area contributed by atoms with E-state index in [1.54, 1.807) is 0 Å². The van der Waals surface area contributed by atoms with Crippen LogP contribution < -0.4 is 15.1 Å². The molecule has 0 saturated carbocycles. The van der Waals surface area contributed by atoms with Crippen LogP contribution in [0.25, 0.3) is 10.6 Å². The summed E-state index contributed by atoms with van der Waals surface area (Å²) in [5, 5.41) is 6.63. The van der Waals surface area contributed by atoms with Crippen LogP contribution in [0.4, 0.5) is 17.1 Å². The highest BCUT2D eigenvalue weighted by Gasteiger charge is 2.20. The van der Waals surface area contributed by atoms with Crippen molar-refractivity contribution in [1.82, 2.24) is 4.98 Å². The van der Waals surface area contributed by atoms with Gasteiger partial charge in [-0.3, -0.25) is 4.79 Å². The third-order valence-corrected chi connectivity index (χ3v) is 7.16. The third kappa shape index (κ3) is 5.52. The number of ether oxygens (including phenoxy) is 2. The molecule has 5 rings (SSSR count). The molecule has 2 saturated heterocycles. The predicted octanol–water partition coefficient (Wildman–Crippen LogP) is 4.32. The van der Waals surface area contributed by atoms with Crippen LogP contribution in [-0.2, 0) is 20.7 Å². The van der Waals surface area contributed by atoms with E-state index in [0.29, 0.717) is 18.2 Å². The van der Waals surface area contributed by atoms with Gasteiger partial charge < -0.3 is 24.6 Å². The van der Waals surface area contributed by atoms with E-state index in [9.17, 15) is 4.79 Å². The summed E-state index contributed by atoms with van der Waals surface area (Å²) < 4.78 is 11.0. The molecule has 2 aromatic carbocycles. The largest absolute Gasteiger partial charge is 0.378 e. The van der Waals surface area contributed by atoms with Gasteiger partial charge in [0.2, 0.25) is 5.91 Å². The molecule has 178 valence electrons. The van der Waals surface area contributed by atoms with Crippen LogP contribution in [0.5, 0.6) is 0 Å². The number of nitrogens with one attached hydrogen (secondary N) is 1. The number of thiazole rings is 1. The number of hydrogen-bond donors (Lipinski definition) is 1. The summed E-state index contributed by atoms with van der Waals surface area (Å²) in [6.45, 7) is 6.16. The lowest BCUT2D eigenvalue weighted by atomic mass is 10.1. The van der Waals surface area contributed by atoms with E-state index in [2.05, 4.69) is 32.2 Å². The molecule has 2 aliphatic heterocycles. The van der Waals surface area contributed by atoms with Gasteiger partial charge in [-0.05, 0) is 30.3 Å². The van der Waals surface area contributed by atoms with Crippen molar-refractivity contribution in [3.05, 3.63) is 58.6 Å². The molecule has 7 nitrogen and oxygen atoms in total. The van der Waals surface area contributed by atoms with Gasteiger partial charge in [-0.2, -0.15) is 0 Å². The maximum atomic E-state index is 13.0. The molecule has 0 radical (unpaired) electrons. The topological polar surface area (TPSA) is 66.9 Å². The maximum Gasteiger partial charge on any atom is 0.230 e. The Labute approximate surface area is 208 Å². The lowest BCUT2D eigenvalue weighted by Gasteiger charge is -2.33. The Hall–Kier alpha value is -2.65. The third-order valence-electron chi connectivity index (χ3n) is 5.97. The van der Waals surface area contributed by atoms with E-state index in [0.717, 1.165) is 72.7 Å². The van der Waals surface area contributed by atoms with Gasteiger partial charge >= 0.3 is 0 Å².